The number of hydrogen-bond acceptors (Lipinski definition) is 3. The van der Waals surface area contributed by atoms with E-state index in [9.17, 15) is 5.11 Å². The molecule has 1 aromatic rings. The summed E-state index contributed by atoms with van der Waals surface area (Å²) in [6.45, 7) is 4.97. The van der Waals surface area contributed by atoms with Crippen molar-refractivity contribution in [1.29, 1.82) is 0 Å². The predicted octanol–water partition coefficient (Wildman–Crippen LogP) is 2.95. The molecular weight excluding hydrogens is 214 g/mol. The zero-order valence-corrected chi connectivity index (χ0v) is 10.6. The van der Waals surface area contributed by atoms with E-state index >= 15 is 0 Å². The molecule has 0 radical (unpaired) electrons. The van der Waals surface area contributed by atoms with Crippen LogP contribution in [0.15, 0.2) is 18.2 Å². The zero-order valence-electron chi connectivity index (χ0n) is 10.6. The monoisotopic (exact) mass is 235 g/mol. The molecule has 1 aromatic carbocycles. The minimum absolute atomic E-state index is 0.213. The lowest BCUT2D eigenvalue weighted by molar-refractivity contribution is -0.00336. The van der Waals surface area contributed by atoms with Gasteiger partial charge < -0.3 is 9.94 Å². The van der Waals surface area contributed by atoms with E-state index in [2.05, 4.69) is 19.3 Å². The van der Waals surface area contributed by atoms with Gasteiger partial charge in [0, 0.05) is 0 Å². The highest BCUT2D eigenvalue weighted by Crippen LogP contribution is 2.32. The molecule has 1 atom stereocenters. The van der Waals surface area contributed by atoms with E-state index in [0.717, 1.165) is 12.8 Å². The van der Waals surface area contributed by atoms with Crippen LogP contribution >= 0.6 is 0 Å². The predicted molar refractivity (Wildman–Crippen MR) is 67.7 cm³/mol. The summed E-state index contributed by atoms with van der Waals surface area (Å²) < 4.78 is 0. The normalized spacial score (nSPS) is 19.4. The molecule has 0 aliphatic heterocycles. The molecule has 0 aromatic heterocycles. The molecule has 0 spiro atoms. The van der Waals surface area contributed by atoms with Crippen LogP contribution in [0.25, 0.3) is 0 Å². The smallest absolute Gasteiger partial charge is 0.115 e. The van der Waals surface area contributed by atoms with Crippen molar-refractivity contribution < 1.29 is 9.94 Å². The van der Waals surface area contributed by atoms with Gasteiger partial charge in [-0.15, -0.1) is 0 Å². The lowest BCUT2D eigenvalue weighted by Crippen LogP contribution is -2.26. The Hall–Kier alpha value is -1.06. The Morgan fingerprint density at radius 1 is 1.47 bits per heavy atom. The maximum absolute atomic E-state index is 9.55. The van der Waals surface area contributed by atoms with Crippen molar-refractivity contribution in [2.75, 3.05) is 6.61 Å². The minimum Gasteiger partial charge on any atom is -0.508 e. The molecule has 0 bridgehead atoms. The number of aromatic hydroxyl groups is 1. The molecule has 0 fully saturated rings. The summed E-state index contributed by atoms with van der Waals surface area (Å²) in [5.41, 5.74) is 5.62. The first-order chi connectivity index (χ1) is 8.16. The first kappa shape index (κ1) is 12.4. The molecule has 0 heterocycles. The highest BCUT2D eigenvalue weighted by atomic mass is 16.6. The second-order valence-corrected chi connectivity index (χ2v) is 5.15. The first-order valence-corrected chi connectivity index (χ1v) is 6.36. The van der Waals surface area contributed by atoms with E-state index in [1.54, 1.807) is 6.07 Å². The van der Waals surface area contributed by atoms with Gasteiger partial charge in [-0.1, -0.05) is 19.9 Å². The van der Waals surface area contributed by atoms with Crippen molar-refractivity contribution in [2.45, 2.75) is 39.2 Å². The molecule has 2 N–H and O–H groups in total. The van der Waals surface area contributed by atoms with Crippen molar-refractivity contribution in [2.24, 2.45) is 5.92 Å². The van der Waals surface area contributed by atoms with Crippen molar-refractivity contribution in [3.8, 4) is 5.75 Å². The second-order valence-electron chi connectivity index (χ2n) is 5.15. The Bertz CT molecular complexity index is 376. The lowest BCUT2D eigenvalue weighted by atomic mass is 9.88. The SMILES string of the molecule is CC(C)CONC1CCCc2ccc(O)cc21. The second kappa shape index (κ2) is 5.52. The molecule has 1 aliphatic carbocycles. The Balaban J connectivity index is 2.03. The molecule has 1 aliphatic rings. The summed E-state index contributed by atoms with van der Waals surface area (Å²) in [6.07, 6.45) is 3.33. The third-order valence-electron chi connectivity index (χ3n) is 3.09. The van der Waals surface area contributed by atoms with Crippen LogP contribution in [0.3, 0.4) is 0 Å². The standard InChI is InChI=1S/C14H21NO2/c1-10(2)9-17-15-14-5-3-4-11-6-7-12(16)8-13(11)14/h6-8,10,14-16H,3-5,9H2,1-2H3. The molecule has 2 rings (SSSR count). The van der Waals surface area contributed by atoms with E-state index in [-0.39, 0.29) is 6.04 Å². The average molecular weight is 235 g/mol. The summed E-state index contributed by atoms with van der Waals surface area (Å²) in [5.74, 6) is 0.857. The number of phenols is 1. The Morgan fingerprint density at radius 2 is 2.29 bits per heavy atom. The van der Waals surface area contributed by atoms with Gasteiger partial charge >= 0.3 is 0 Å². The molecule has 0 saturated heterocycles. The number of hydrogen-bond donors (Lipinski definition) is 2. The summed E-state index contributed by atoms with van der Waals surface area (Å²) in [6, 6.07) is 5.84. The van der Waals surface area contributed by atoms with Crippen molar-refractivity contribution in [1.82, 2.24) is 5.48 Å². The fourth-order valence-corrected chi connectivity index (χ4v) is 2.22. The van der Waals surface area contributed by atoms with E-state index < -0.39 is 0 Å². The summed E-state index contributed by atoms with van der Waals surface area (Å²) in [5, 5.41) is 9.55. The number of aryl methyl sites for hydroxylation is 1. The summed E-state index contributed by atoms with van der Waals surface area (Å²) in [7, 11) is 0. The lowest BCUT2D eigenvalue weighted by Gasteiger charge is -2.26. The summed E-state index contributed by atoms with van der Waals surface area (Å²) in [4.78, 5) is 5.50. The van der Waals surface area contributed by atoms with Gasteiger partial charge in [0.1, 0.15) is 5.75 Å². The molecule has 17 heavy (non-hydrogen) atoms. The molecule has 94 valence electrons. The average Bonchev–Trinajstić information content (AvgIpc) is 2.29. The largest absolute Gasteiger partial charge is 0.508 e. The van der Waals surface area contributed by atoms with Crippen LogP contribution in [-0.4, -0.2) is 11.7 Å². The molecule has 1 unspecified atom stereocenters. The molecule has 3 nitrogen and oxygen atoms in total. The fraction of sp³-hybridized carbons (Fsp3) is 0.571. The number of nitrogens with one attached hydrogen (secondary N) is 1. The third kappa shape index (κ3) is 3.20. The van der Waals surface area contributed by atoms with Crippen molar-refractivity contribution in [3.63, 3.8) is 0 Å². The minimum atomic E-state index is 0.213. The maximum Gasteiger partial charge on any atom is 0.115 e. The number of benzene rings is 1. The van der Waals surface area contributed by atoms with Crippen LogP contribution in [0.5, 0.6) is 5.75 Å². The van der Waals surface area contributed by atoms with Crippen LogP contribution in [0.4, 0.5) is 0 Å². The van der Waals surface area contributed by atoms with Gasteiger partial charge in [-0.25, -0.2) is 0 Å². The van der Waals surface area contributed by atoms with Gasteiger partial charge in [0.15, 0.2) is 0 Å². The van der Waals surface area contributed by atoms with Crippen LogP contribution < -0.4 is 5.48 Å². The van der Waals surface area contributed by atoms with Gasteiger partial charge in [0.05, 0.1) is 12.6 Å². The first-order valence-electron chi connectivity index (χ1n) is 6.36. The van der Waals surface area contributed by atoms with E-state index in [1.165, 1.54) is 17.5 Å². The van der Waals surface area contributed by atoms with Crippen LogP contribution in [-0.2, 0) is 11.3 Å². The molecule has 3 heteroatoms. The number of fused-ring (bicyclic) bond motifs is 1. The topological polar surface area (TPSA) is 41.5 Å². The van der Waals surface area contributed by atoms with Crippen LogP contribution in [0.2, 0.25) is 0 Å². The Kier molecular flexibility index (Phi) is 4.02. The van der Waals surface area contributed by atoms with Crippen molar-refractivity contribution >= 4 is 0 Å². The van der Waals surface area contributed by atoms with Gasteiger partial charge in [-0.2, -0.15) is 5.48 Å². The molecule has 0 amide bonds. The van der Waals surface area contributed by atoms with Gasteiger partial charge in [-0.05, 0) is 48.4 Å². The Morgan fingerprint density at radius 3 is 3.06 bits per heavy atom. The van der Waals surface area contributed by atoms with Gasteiger partial charge in [0.25, 0.3) is 0 Å². The highest BCUT2D eigenvalue weighted by molar-refractivity contribution is 5.38. The Labute approximate surface area is 103 Å². The van der Waals surface area contributed by atoms with E-state index in [4.69, 9.17) is 4.84 Å². The number of rotatable bonds is 4. The highest BCUT2D eigenvalue weighted by Gasteiger charge is 2.20. The quantitative estimate of drug-likeness (QED) is 0.788. The fourth-order valence-electron chi connectivity index (χ4n) is 2.22. The number of hydroxylamine groups is 1. The van der Waals surface area contributed by atoms with E-state index in [0.29, 0.717) is 18.3 Å². The maximum atomic E-state index is 9.55. The van der Waals surface area contributed by atoms with Crippen LogP contribution in [0.1, 0.15) is 43.9 Å². The van der Waals surface area contributed by atoms with E-state index in [1.807, 2.05) is 12.1 Å². The van der Waals surface area contributed by atoms with Gasteiger partial charge in [0.2, 0.25) is 0 Å². The number of phenolic OH excluding ortho intramolecular Hbond substituents is 1. The third-order valence-corrected chi connectivity index (χ3v) is 3.09. The molecular formula is C14H21NO2. The zero-order chi connectivity index (χ0) is 12.3. The summed E-state index contributed by atoms with van der Waals surface area (Å²) >= 11 is 0. The molecule has 0 saturated carbocycles. The van der Waals surface area contributed by atoms with Gasteiger partial charge in [-0.3, -0.25) is 0 Å². The van der Waals surface area contributed by atoms with Crippen molar-refractivity contribution in [3.05, 3.63) is 29.3 Å². The van der Waals surface area contributed by atoms with Crippen LogP contribution in [0, 0.1) is 5.92 Å².